The molecular formula is C25H27N5O3. The Morgan fingerprint density at radius 2 is 1.79 bits per heavy atom. The van der Waals surface area contributed by atoms with E-state index in [1.54, 1.807) is 23.5 Å². The zero-order chi connectivity index (χ0) is 23.3. The third-order valence-electron chi connectivity index (χ3n) is 4.84. The molecule has 8 heteroatoms. The van der Waals surface area contributed by atoms with Gasteiger partial charge in [-0.05, 0) is 69.2 Å². The predicted molar refractivity (Wildman–Crippen MR) is 126 cm³/mol. The second-order valence-corrected chi connectivity index (χ2v) is 8.58. The molecule has 3 aromatic rings. The van der Waals surface area contributed by atoms with Gasteiger partial charge in [-0.1, -0.05) is 12.1 Å². The minimum absolute atomic E-state index is 0.312. The topological polar surface area (TPSA) is 89.5 Å². The first kappa shape index (κ1) is 22.3. The van der Waals surface area contributed by atoms with Crippen LogP contribution in [0.15, 0.2) is 67.1 Å². The van der Waals surface area contributed by atoms with Crippen LogP contribution in [0, 0.1) is 0 Å². The van der Waals surface area contributed by atoms with Gasteiger partial charge in [-0.25, -0.2) is 19.7 Å². The molecule has 1 amide bonds. The maximum atomic E-state index is 12.3. The fourth-order valence-corrected chi connectivity index (χ4v) is 3.30. The summed E-state index contributed by atoms with van der Waals surface area (Å²) < 4.78 is 11.5. The molecular weight excluding hydrogens is 418 g/mol. The molecule has 1 aliphatic rings. The highest BCUT2D eigenvalue weighted by atomic mass is 16.6. The van der Waals surface area contributed by atoms with E-state index in [1.807, 2.05) is 69.3 Å². The SMILES string of the molecule is CC(C)(C)OC(=O)N1CC=C(c2nccnc2Oc2ccc(Nc3ccccn3)cc2)CC1. The summed E-state index contributed by atoms with van der Waals surface area (Å²) in [7, 11) is 0. The average molecular weight is 446 g/mol. The highest BCUT2D eigenvalue weighted by molar-refractivity contribution is 5.73. The molecule has 1 aromatic carbocycles. The summed E-state index contributed by atoms with van der Waals surface area (Å²) in [4.78, 5) is 27.1. The maximum Gasteiger partial charge on any atom is 0.410 e. The summed E-state index contributed by atoms with van der Waals surface area (Å²) in [6.45, 7) is 6.58. The van der Waals surface area contributed by atoms with Gasteiger partial charge in [-0.3, -0.25) is 0 Å². The quantitative estimate of drug-likeness (QED) is 0.560. The Balaban J connectivity index is 1.43. The largest absolute Gasteiger partial charge is 0.444 e. The second kappa shape index (κ2) is 9.68. The Bertz CT molecular complexity index is 1120. The van der Waals surface area contributed by atoms with Crippen molar-refractivity contribution in [1.82, 2.24) is 19.9 Å². The van der Waals surface area contributed by atoms with E-state index in [1.165, 1.54) is 0 Å². The fraction of sp³-hybridized carbons (Fsp3) is 0.280. The Morgan fingerprint density at radius 1 is 1.00 bits per heavy atom. The number of benzene rings is 1. The lowest BCUT2D eigenvalue weighted by Gasteiger charge is -2.29. The van der Waals surface area contributed by atoms with E-state index in [-0.39, 0.29) is 6.09 Å². The molecule has 4 rings (SSSR count). The van der Waals surface area contributed by atoms with Gasteiger partial charge < -0.3 is 19.7 Å². The predicted octanol–water partition coefficient (Wildman–Crippen LogP) is 5.43. The number of nitrogens with zero attached hydrogens (tertiary/aromatic N) is 4. The van der Waals surface area contributed by atoms with Crippen molar-refractivity contribution in [3.05, 3.63) is 72.8 Å². The van der Waals surface area contributed by atoms with Crippen LogP contribution in [0.2, 0.25) is 0 Å². The molecule has 1 N–H and O–H groups in total. The molecule has 0 atom stereocenters. The standard InChI is InChI=1S/C25H27N5O3/c1-25(2,3)33-24(31)30-16-11-18(12-17-30)22-23(28-15-14-27-22)32-20-9-7-19(8-10-20)29-21-6-4-5-13-26-21/h4-11,13-15H,12,16-17H2,1-3H3,(H,26,29). The molecule has 0 spiro atoms. The molecule has 33 heavy (non-hydrogen) atoms. The lowest BCUT2D eigenvalue weighted by atomic mass is 10.1. The number of hydrogen-bond donors (Lipinski definition) is 1. The monoisotopic (exact) mass is 445 g/mol. The van der Waals surface area contributed by atoms with Crippen molar-refractivity contribution in [2.75, 3.05) is 18.4 Å². The number of carbonyl (C=O) groups excluding carboxylic acids is 1. The average Bonchev–Trinajstić information content (AvgIpc) is 2.80. The molecule has 170 valence electrons. The molecule has 0 saturated carbocycles. The summed E-state index contributed by atoms with van der Waals surface area (Å²) in [5, 5.41) is 3.24. The van der Waals surface area contributed by atoms with Crippen LogP contribution in [0.3, 0.4) is 0 Å². The first-order valence-electron chi connectivity index (χ1n) is 10.8. The van der Waals surface area contributed by atoms with Crippen molar-refractivity contribution in [3.8, 4) is 11.6 Å². The first-order chi connectivity index (χ1) is 15.9. The highest BCUT2D eigenvalue weighted by Crippen LogP contribution is 2.31. The summed E-state index contributed by atoms with van der Waals surface area (Å²) in [5.41, 5.74) is 2.05. The molecule has 1 aliphatic heterocycles. The van der Waals surface area contributed by atoms with Crippen molar-refractivity contribution in [3.63, 3.8) is 0 Å². The second-order valence-electron chi connectivity index (χ2n) is 8.58. The van der Waals surface area contributed by atoms with E-state index in [0.29, 0.717) is 36.8 Å². The number of carbonyl (C=O) groups is 1. The summed E-state index contributed by atoms with van der Waals surface area (Å²) in [6.07, 6.45) is 7.29. The third-order valence-corrected chi connectivity index (χ3v) is 4.84. The van der Waals surface area contributed by atoms with Crippen molar-refractivity contribution in [2.45, 2.75) is 32.8 Å². The Labute approximate surface area is 193 Å². The molecule has 0 unspecified atom stereocenters. The lowest BCUT2D eigenvalue weighted by molar-refractivity contribution is 0.0270. The molecule has 0 saturated heterocycles. The van der Waals surface area contributed by atoms with Crippen LogP contribution < -0.4 is 10.1 Å². The minimum Gasteiger partial charge on any atom is -0.444 e. The number of pyridine rings is 1. The van der Waals surface area contributed by atoms with Crippen molar-refractivity contribution in [1.29, 1.82) is 0 Å². The van der Waals surface area contributed by atoms with Crippen molar-refractivity contribution >= 4 is 23.2 Å². The summed E-state index contributed by atoms with van der Waals surface area (Å²) in [5.74, 6) is 1.85. The molecule has 0 bridgehead atoms. The zero-order valence-electron chi connectivity index (χ0n) is 19.0. The number of ether oxygens (including phenoxy) is 2. The van der Waals surface area contributed by atoms with Crippen LogP contribution in [0.25, 0.3) is 5.57 Å². The zero-order valence-corrected chi connectivity index (χ0v) is 19.0. The van der Waals surface area contributed by atoms with Gasteiger partial charge >= 0.3 is 6.09 Å². The maximum absolute atomic E-state index is 12.3. The third kappa shape index (κ3) is 6.06. The Kier molecular flexibility index (Phi) is 6.53. The van der Waals surface area contributed by atoms with Gasteiger partial charge in [0.2, 0.25) is 5.88 Å². The van der Waals surface area contributed by atoms with Crippen LogP contribution >= 0.6 is 0 Å². The summed E-state index contributed by atoms with van der Waals surface area (Å²) in [6, 6.07) is 13.3. The summed E-state index contributed by atoms with van der Waals surface area (Å²) >= 11 is 0. The van der Waals surface area contributed by atoms with Gasteiger partial charge in [0.25, 0.3) is 0 Å². The number of nitrogens with one attached hydrogen (secondary N) is 1. The van der Waals surface area contributed by atoms with E-state index in [2.05, 4.69) is 20.3 Å². The number of hydrogen-bond acceptors (Lipinski definition) is 7. The minimum atomic E-state index is -0.518. The van der Waals surface area contributed by atoms with Crippen molar-refractivity contribution in [2.24, 2.45) is 0 Å². The molecule has 2 aromatic heterocycles. The van der Waals surface area contributed by atoms with E-state index < -0.39 is 5.60 Å². The molecule has 0 aliphatic carbocycles. The van der Waals surface area contributed by atoms with E-state index >= 15 is 0 Å². The lowest BCUT2D eigenvalue weighted by Crippen LogP contribution is -2.39. The molecule has 8 nitrogen and oxygen atoms in total. The van der Waals surface area contributed by atoms with Gasteiger partial charge in [-0.15, -0.1) is 0 Å². The Morgan fingerprint density at radius 3 is 2.45 bits per heavy atom. The first-order valence-corrected chi connectivity index (χ1v) is 10.8. The van der Waals surface area contributed by atoms with Gasteiger partial charge in [0, 0.05) is 37.4 Å². The van der Waals surface area contributed by atoms with Crippen LogP contribution in [-0.2, 0) is 4.74 Å². The van der Waals surface area contributed by atoms with Crippen molar-refractivity contribution < 1.29 is 14.3 Å². The fourth-order valence-electron chi connectivity index (χ4n) is 3.30. The van der Waals surface area contributed by atoms with Gasteiger partial charge in [0.1, 0.15) is 22.9 Å². The molecule has 0 fully saturated rings. The number of rotatable bonds is 5. The number of amides is 1. The van der Waals surface area contributed by atoms with Gasteiger partial charge in [0.05, 0.1) is 0 Å². The van der Waals surface area contributed by atoms with Gasteiger partial charge in [0.15, 0.2) is 0 Å². The molecule has 0 radical (unpaired) electrons. The van der Waals surface area contributed by atoms with Crippen LogP contribution in [0.1, 0.15) is 32.9 Å². The Hall–Kier alpha value is -3.94. The number of anilines is 2. The van der Waals surface area contributed by atoms with Crippen LogP contribution in [0.5, 0.6) is 11.6 Å². The molecule has 3 heterocycles. The van der Waals surface area contributed by atoms with Gasteiger partial charge in [-0.2, -0.15) is 0 Å². The van der Waals surface area contributed by atoms with E-state index in [4.69, 9.17) is 9.47 Å². The highest BCUT2D eigenvalue weighted by Gasteiger charge is 2.25. The van der Waals surface area contributed by atoms with E-state index in [0.717, 1.165) is 17.1 Å². The number of aromatic nitrogens is 3. The van der Waals surface area contributed by atoms with E-state index in [9.17, 15) is 4.79 Å². The van der Waals surface area contributed by atoms with Crippen LogP contribution in [-0.4, -0.2) is 44.6 Å². The normalized spacial score (nSPS) is 13.8. The smallest absolute Gasteiger partial charge is 0.410 e. The van der Waals surface area contributed by atoms with Crippen LogP contribution in [0.4, 0.5) is 16.3 Å².